The highest BCUT2D eigenvalue weighted by molar-refractivity contribution is 5.26. The Morgan fingerprint density at radius 3 is 2.55 bits per heavy atom. The van der Waals surface area contributed by atoms with Crippen LogP contribution in [0.4, 0.5) is 0 Å². The van der Waals surface area contributed by atoms with Crippen LogP contribution in [0.25, 0.3) is 0 Å². The van der Waals surface area contributed by atoms with Gasteiger partial charge >= 0.3 is 0 Å². The van der Waals surface area contributed by atoms with Gasteiger partial charge in [0.2, 0.25) is 0 Å². The fourth-order valence-electron chi connectivity index (χ4n) is 2.95. The van der Waals surface area contributed by atoms with E-state index in [9.17, 15) is 0 Å². The third kappa shape index (κ3) is 4.58. The molecule has 20 heavy (non-hydrogen) atoms. The summed E-state index contributed by atoms with van der Waals surface area (Å²) in [6.45, 7) is 8.67. The average Bonchev–Trinajstić information content (AvgIpc) is 2.49. The summed E-state index contributed by atoms with van der Waals surface area (Å²) in [5.41, 5.74) is 2.74. The Balaban J connectivity index is 1.83. The van der Waals surface area contributed by atoms with Gasteiger partial charge in [0.05, 0.1) is 6.61 Å². The van der Waals surface area contributed by atoms with Crippen LogP contribution in [-0.2, 0) is 17.9 Å². The standard InChI is InChI=1S/C17H28N2O/c1-3-18-12-15-8-10-19(11-9-15)13-16-6-4-5-7-17(16)14-20-2/h4-7,15,18H,3,8-14H2,1-2H3. The molecule has 3 heteroatoms. The predicted octanol–water partition coefficient (Wildman–Crippen LogP) is 2.65. The number of nitrogens with one attached hydrogen (secondary N) is 1. The smallest absolute Gasteiger partial charge is 0.0716 e. The molecule has 1 saturated heterocycles. The molecule has 0 spiro atoms. The second-order valence-electron chi connectivity index (χ2n) is 5.73. The van der Waals surface area contributed by atoms with Gasteiger partial charge in [-0.3, -0.25) is 4.90 Å². The van der Waals surface area contributed by atoms with E-state index in [0.717, 1.165) is 19.0 Å². The molecule has 0 atom stereocenters. The highest BCUT2D eigenvalue weighted by Gasteiger charge is 2.19. The summed E-state index contributed by atoms with van der Waals surface area (Å²) in [6, 6.07) is 8.64. The summed E-state index contributed by atoms with van der Waals surface area (Å²) >= 11 is 0. The number of rotatable bonds is 7. The summed E-state index contributed by atoms with van der Waals surface area (Å²) < 4.78 is 5.29. The first kappa shape index (κ1) is 15.5. The Kier molecular flexibility index (Phi) is 6.51. The van der Waals surface area contributed by atoms with Crippen molar-refractivity contribution in [3.8, 4) is 0 Å². The molecule has 0 aliphatic carbocycles. The lowest BCUT2D eigenvalue weighted by Gasteiger charge is -2.32. The number of likely N-dealkylation sites (tertiary alicyclic amines) is 1. The molecular formula is C17H28N2O. The van der Waals surface area contributed by atoms with Gasteiger partial charge in [-0.15, -0.1) is 0 Å². The summed E-state index contributed by atoms with van der Waals surface area (Å²) in [5, 5.41) is 3.47. The fraction of sp³-hybridized carbons (Fsp3) is 0.647. The van der Waals surface area contributed by atoms with Gasteiger partial charge < -0.3 is 10.1 Å². The lowest BCUT2D eigenvalue weighted by atomic mass is 9.96. The third-order valence-electron chi connectivity index (χ3n) is 4.20. The Bertz CT molecular complexity index is 386. The molecule has 0 amide bonds. The zero-order valence-electron chi connectivity index (χ0n) is 12.9. The topological polar surface area (TPSA) is 24.5 Å². The van der Waals surface area contributed by atoms with E-state index in [-0.39, 0.29) is 0 Å². The molecule has 1 aliphatic heterocycles. The molecule has 0 aromatic heterocycles. The Morgan fingerprint density at radius 1 is 1.20 bits per heavy atom. The van der Waals surface area contributed by atoms with Crippen LogP contribution >= 0.6 is 0 Å². The summed E-state index contributed by atoms with van der Waals surface area (Å²) in [5.74, 6) is 0.861. The maximum Gasteiger partial charge on any atom is 0.0716 e. The minimum Gasteiger partial charge on any atom is -0.380 e. The molecule has 1 aromatic carbocycles. The van der Waals surface area contributed by atoms with Gasteiger partial charge in [0.25, 0.3) is 0 Å². The molecule has 2 rings (SSSR count). The average molecular weight is 276 g/mol. The van der Waals surface area contributed by atoms with Crippen LogP contribution in [0.3, 0.4) is 0 Å². The fourth-order valence-corrected chi connectivity index (χ4v) is 2.95. The number of ether oxygens (including phenoxy) is 1. The van der Waals surface area contributed by atoms with Gasteiger partial charge in [-0.05, 0) is 56.1 Å². The first-order chi connectivity index (χ1) is 9.83. The molecular weight excluding hydrogens is 248 g/mol. The molecule has 0 radical (unpaired) electrons. The van der Waals surface area contributed by atoms with E-state index >= 15 is 0 Å². The summed E-state index contributed by atoms with van der Waals surface area (Å²) in [6.07, 6.45) is 2.64. The number of hydrogen-bond acceptors (Lipinski definition) is 3. The molecule has 1 aromatic rings. The van der Waals surface area contributed by atoms with Crippen molar-refractivity contribution in [2.24, 2.45) is 5.92 Å². The van der Waals surface area contributed by atoms with Gasteiger partial charge in [-0.2, -0.15) is 0 Å². The van der Waals surface area contributed by atoms with E-state index in [0.29, 0.717) is 6.61 Å². The van der Waals surface area contributed by atoms with Crippen molar-refractivity contribution in [1.29, 1.82) is 0 Å². The van der Waals surface area contributed by atoms with E-state index in [2.05, 4.69) is 41.4 Å². The van der Waals surface area contributed by atoms with Crippen LogP contribution in [0.15, 0.2) is 24.3 Å². The maximum absolute atomic E-state index is 5.29. The monoisotopic (exact) mass is 276 g/mol. The van der Waals surface area contributed by atoms with Crippen LogP contribution in [-0.4, -0.2) is 38.2 Å². The molecule has 0 saturated carbocycles. The van der Waals surface area contributed by atoms with Crippen molar-refractivity contribution in [3.05, 3.63) is 35.4 Å². The van der Waals surface area contributed by atoms with Crippen molar-refractivity contribution in [2.75, 3.05) is 33.3 Å². The molecule has 1 heterocycles. The third-order valence-corrected chi connectivity index (χ3v) is 4.20. The molecule has 0 unspecified atom stereocenters. The van der Waals surface area contributed by atoms with Crippen LogP contribution in [0.5, 0.6) is 0 Å². The van der Waals surface area contributed by atoms with Gasteiger partial charge in [0, 0.05) is 13.7 Å². The van der Waals surface area contributed by atoms with Gasteiger partial charge in [0.15, 0.2) is 0 Å². The zero-order valence-corrected chi connectivity index (χ0v) is 12.9. The van der Waals surface area contributed by atoms with Crippen molar-refractivity contribution in [1.82, 2.24) is 10.2 Å². The van der Waals surface area contributed by atoms with Gasteiger partial charge in [-0.25, -0.2) is 0 Å². The van der Waals surface area contributed by atoms with Crippen molar-refractivity contribution >= 4 is 0 Å². The molecule has 0 bridgehead atoms. The minimum atomic E-state index is 0.715. The van der Waals surface area contributed by atoms with Crippen LogP contribution < -0.4 is 5.32 Å². The number of hydrogen-bond donors (Lipinski definition) is 1. The predicted molar refractivity (Wildman–Crippen MR) is 83.7 cm³/mol. The largest absolute Gasteiger partial charge is 0.380 e. The Hall–Kier alpha value is -0.900. The van der Waals surface area contributed by atoms with E-state index in [1.54, 1.807) is 7.11 Å². The lowest BCUT2D eigenvalue weighted by Crippen LogP contribution is -2.37. The second kappa shape index (κ2) is 8.40. The summed E-state index contributed by atoms with van der Waals surface area (Å²) in [7, 11) is 1.77. The van der Waals surface area contributed by atoms with Crippen molar-refractivity contribution < 1.29 is 4.74 Å². The molecule has 1 N–H and O–H groups in total. The SMILES string of the molecule is CCNCC1CCN(Cc2ccccc2COC)CC1. The number of piperidine rings is 1. The summed E-state index contributed by atoms with van der Waals surface area (Å²) in [4.78, 5) is 2.58. The van der Waals surface area contributed by atoms with Crippen LogP contribution in [0.1, 0.15) is 30.9 Å². The normalized spacial score (nSPS) is 17.5. The first-order valence-corrected chi connectivity index (χ1v) is 7.82. The highest BCUT2D eigenvalue weighted by Crippen LogP contribution is 2.20. The van der Waals surface area contributed by atoms with E-state index in [1.165, 1.54) is 43.6 Å². The highest BCUT2D eigenvalue weighted by atomic mass is 16.5. The minimum absolute atomic E-state index is 0.715. The van der Waals surface area contributed by atoms with Crippen molar-refractivity contribution in [3.63, 3.8) is 0 Å². The lowest BCUT2D eigenvalue weighted by molar-refractivity contribution is 0.168. The van der Waals surface area contributed by atoms with E-state index < -0.39 is 0 Å². The maximum atomic E-state index is 5.29. The Morgan fingerprint density at radius 2 is 1.90 bits per heavy atom. The van der Waals surface area contributed by atoms with Gasteiger partial charge in [0.1, 0.15) is 0 Å². The molecule has 1 fully saturated rings. The quantitative estimate of drug-likeness (QED) is 0.828. The van der Waals surface area contributed by atoms with Crippen molar-refractivity contribution in [2.45, 2.75) is 32.9 Å². The Labute approximate surface area is 123 Å². The molecule has 1 aliphatic rings. The van der Waals surface area contributed by atoms with Gasteiger partial charge in [-0.1, -0.05) is 31.2 Å². The number of nitrogens with zero attached hydrogens (tertiary/aromatic N) is 1. The zero-order chi connectivity index (χ0) is 14.2. The second-order valence-corrected chi connectivity index (χ2v) is 5.73. The first-order valence-electron chi connectivity index (χ1n) is 7.82. The van der Waals surface area contributed by atoms with E-state index in [1.807, 2.05) is 0 Å². The van der Waals surface area contributed by atoms with Crippen LogP contribution in [0.2, 0.25) is 0 Å². The number of benzene rings is 1. The number of methoxy groups -OCH3 is 1. The molecule has 112 valence electrons. The van der Waals surface area contributed by atoms with Crippen LogP contribution in [0, 0.1) is 5.92 Å². The van der Waals surface area contributed by atoms with E-state index in [4.69, 9.17) is 4.74 Å². The molecule has 3 nitrogen and oxygen atoms in total.